The fraction of sp³-hybridized carbons (Fsp3) is 0.538. The van der Waals surface area contributed by atoms with Crippen LogP contribution in [0.15, 0.2) is 22.7 Å². The maximum Gasteiger partial charge on any atom is 0.0728 e. The lowest BCUT2D eigenvalue weighted by molar-refractivity contribution is 0.0142. The Bertz CT molecular complexity index is 342. The van der Waals surface area contributed by atoms with E-state index in [1.165, 1.54) is 0 Å². The smallest absolute Gasteiger partial charge is 0.0728 e. The number of hydrogen-bond donors (Lipinski definition) is 1. The van der Waals surface area contributed by atoms with E-state index in [0.29, 0.717) is 26.4 Å². The molecule has 0 aliphatic rings. The number of benzene rings is 1. The summed E-state index contributed by atoms with van der Waals surface area (Å²) in [7, 11) is 0. The predicted octanol–water partition coefficient (Wildman–Crippen LogP) is 2.85. The van der Waals surface area contributed by atoms with Crippen LogP contribution in [0.25, 0.3) is 0 Å². The molecule has 0 bridgehead atoms. The molecule has 0 fully saturated rings. The molecule has 96 valence electrons. The molecule has 0 saturated heterocycles. The Hall–Kier alpha value is -0.420. The minimum absolute atomic E-state index is 0.258. The zero-order chi connectivity index (χ0) is 12.7. The van der Waals surface area contributed by atoms with E-state index in [0.717, 1.165) is 15.6 Å². The Labute approximate surface area is 111 Å². The van der Waals surface area contributed by atoms with Gasteiger partial charge in [0.1, 0.15) is 0 Å². The molecular formula is C13H20BrNO2. The molecule has 0 amide bonds. The Morgan fingerprint density at radius 2 is 2.06 bits per heavy atom. The molecule has 0 spiro atoms. The molecule has 1 rings (SSSR count). The van der Waals surface area contributed by atoms with E-state index in [1.54, 1.807) is 0 Å². The van der Waals surface area contributed by atoms with Crippen molar-refractivity contribution in [2.24, 2.45) is 5.73 Å². The van der Waals surface area contributed by atoms with Gasteiger partial charge in [-0.15, -0.1) is 0 Å². The van der Waals surface area contributed by atoms with E-state index in [1.807, 2.05) is 32.0 Å². The van der Waals surface area contributed by atoms with Crippen molar-refractivity contribution in [1.29, 1.82) is 0 Å². The third-order valence-corrected chi connectivity index (χ3v) is 3.03. The third-order valence-electron chi connectivity index (χ3n) is 2.29. The summed E-state index contributed by atoms with van der Waals surface area (Å²) in [6.45, 7) is 6.43. The van der Waals surface area contributed by atoms with Crippen molar-refractivity contribution in [2.75, 3.05) is 13.2 Å². The van der Waals surface area contributed by atoms with E-state index >= 15 is 0 Å². The van der Waals surface area contributed by atoms with Crippen LogP contribution in [0, 0.1) is 0 Å². The van der Waals surface area contributed by atoms with Gasteiger partial charge in [0.25, 0.3) is 0 Å². The quantitative estimate of drug-likeness (QED) is 0.788. The van der Waals surface area contributed by atoms with Crippen LogP contribution in [0.4, 0.5) is 0 Å². The zero-order valence-corrected chi connectivity index (χ0v) is 12.0. The Balaban J connectivity index is 2.32. The first-order valence-corrected chi connectivity index (χ1v) is 6.59. The molecule has 3 nitrogen and oxygen atoms in total. The topological polar surface area (TPSA) is 44.5 Å². The molecule has 1 aromatic carbocycles. The number of ether oxygens (including phenoxy) is 2. The number of nitrogens with two attached hydrogens (primary N) is 1. The summed E-state index contributed by atoms with van der Waals surface area (Å²) in [5, 5.41) is 0. The highest BCUT2D eigenvalue weighted by molar-refractivity contribution is 9.10. The molecule has 0 aliphatic heterocycles. The van der Waals surface area contributed by atoms with E-state index in [-0.39, 0.29) is 6.10 Å². The molecule has 0 unspecified atom stereocenters. The third kappa shape index (κ3) is 5.64. The average molecular weight is 302 g/mol. The first kappa shape index (κ1) is 14.6. The van der Waals surface area contributed by atoms with Crippen LogP contribution in [0.3, 0.4) is 0 Å². The predicted molar refractivity (Wildman–Crippen MR) is 72.8 cm³/mol. The SMILES string of the molecule is CC(C)OCCOCc1ccc(CN)cc1Br. The lowest BCUT2D eigenvalue weighted by atomic mass is 10.1. The Kier molecular flexibility index (Phi) is 6.73. The fourth-order valence-corrected chi connectivity index (χ4v) is 1.90. The van der Waals surface area contributed by atoms with Gasteiger partial charge >= 0.3 is 0 Å². The van der Waals surface area contributed by atoms with Crippen LogP contribution in [0.2, 0.25) is 0 Å². The van der Waals surface area contributed by atoms with Gasteiger partial charge < -0.3 is 15.2 Å². The van der Waals surface area contributed by atoms with Crippen molar-refractivity contribution in [3.05, 3.63) is 33.8 Å². The first-order valence-electron chi connectivity index (χ1n) is 5.80. The van der Waals surface area contributed by atoms with Gasteiger partial charge in [-0.1, -0.05) is 28.1 Å². The number of rotatable bonds is 7. The number of halogens is 1. The van der Waals surface area contributed by atoms with Crippen LogP contribution in [0.1, 0.15) is 25.0 Å². The summed E-state index contributed by atoms with van der Waals surface area (Å²) < 4.78 is 12.0. The van der Waals surface area contributed by atoms with Crippen LogP contribution in [-0.4, -0.2) is 19.3 Å². The summed E-state index contributed by atoms with van der Waals surface area (Å²) >= 11 is 3.51. The van der Waals surface area contributed by atoms with Crippen LogP contribution in [-0.2, 0) is 22.6 Å². The summed E-state index contributed by atoms with van der Waals surface area (Å²) in [6, 6.07) is 6.09. The van der Waals surface area contributed by atoms with Crippen molar-refractivity contribution in [1.82, 2.24) is 0 Å². The van der Waals surface area contributed by atoms with Crippen molar-refractivity contribution >= 4 is 15.9 Å². The summed E-state index contributed by atoms with van der Waals surface area (Å²) in [6.07, 6.45) is 0.258. The normalized spacial score (nSPS) is 11.1. The molecule has 0 aromatic heterocycles. The fourth-order valence-electron chi connectivity index (χ4n) is 1.36. The highest BCUT2D eigenvalue weighted by Gasteiger charge is 2.01. The van der Waals surface area contributed by atoms with Crippen LogP contribution >= 0.6 is 15.9 Å². The maximum atomic E-state index is 5.57. The summed E-state index contributed by atoms with van der Waals surface area (Å²) in [5.41, 5.74) is 7.81. The molecule has 0 atom stereocenters. The van der Waals surface area contributed by atoms with Gasteiger partial charge in [-0.2, -0.15) is 0 Å². The van der Waals surface area contributed by atoms with E-state index < -0.39 is 0 Å². The highest BCUT2D eigenvalue weighted by Crippen LogP contribution is 2.19. The second-order valence-electron chi connectivity index (χ2n) is 4.10. The minimum atomic E-state index is 0.258. The van der Waals surface area contributed by atoms with Crippen molar-refractivity contribution in [2.45, 2.75) is 33.1 Å². The van der Waals surface area contributed by atoms with E-state index in [9.17, 15) is 0 Å². The van der Waals surface area contributed by atoms with Crippen LogP contribution < -0.4 is 5.73 Å². The highest BCUT2D eigenvalue weighted by atomic mass is 79.9. The van der Waals surface area contributed by atoms with Gasteiger partial charge in [0.15, 0.2) is 0 Å². The van der Waals surface area contributed by atoms with Gasteiger partial charge in [-0.25, -0.2) is 0 Å². The van der Waals surface area contributed by atoms with Crippen LogP contribution in [0.5, 0.6) is 0 Å². The average Bonchev–Trinajstić information content (AvgIpc) is 2.30. The largest absolute Gasteiger partial charge is 0.376 e. The van der Waals surface area contributed by atoms with Gasteiger partial charge in [0.05, 0.1) is 25.9 Å². The molecule has 17 heavy (non-hydrogen) atoms. The lowest BCUT2D eigenvalue weighted by Crippen LogP contribution is -2.09. The maximum absolute atomic E-state index is 5.57. The lowest BCUT2D eigenvalue weighted by Gasteiger charge is -2.09. The monoisotopic (exact) mass is 301 g/mol. The van der Waals surface area contributed by atoms with Crippen molar-refractivity contribution < 1.29 is 9.47 Å². The molecular weight excluding hydrogens is 282 g/mol. The molecule has 4 heteroatoms. The second-order valence-corrected chi connectivity index (χ2v) is 4.96. The molecule has 0 radical (unpaired) electrons. The van der Waals surface area contributed by atoms with Gasteiger partial charge in [-0.3, -0.25) is 0 Å². The standard InChI is InChI=1S/C13H20BrNO2/c1-10(2)17-6-5-16-9-12-4-3-11(8-15)7-13(12)14/h3-4,7,10H,5-6,8-9,15H2,1-2H3. The summed E-state index contributed by atoms with van der Waals surface area (Å²) in [5.74, 6) is 0. The van der Waals surface area contributed by atoms with Crippen molar-refractivity contribution in [3.63, 3.8) is 0 Å². The van der Waals surface area contributed by atoms with Gasteiger partial charge in [-0.05, 0) is 31.0 Å². The second kappa shape index (κ2) is 7.82. The molecule has 2 N–H and O–H groups in total. The zero-order valence-electron chi connectivity index (χ0n) is 10.4. The molecule has 1 aromatic rings. The number of hydrogen-bond acceptors (Lipinski definition) is 3. The molecule has 0 aliphatic carbocycles. The van der Waals surface area contributed by atoms with Gasteiger partial charge in [0, 0.05) is 11.0 Å². The minimum Gasteiger partial charge on any atom is -0.376 e. The van der Waals surface area contributed by atoms with E-state index in [2.05, 4.69) is 15.9 Å². The van der Waals surface area contributed by atoms with Crippen molar-refractivity contribution in [3.8, 4) is 0 Å². The first-order chi connectivity index (χ1) is 8.13. The van der Waals surface area contributed by atoms with E-state index in [4.69, 9.17) is 15.2 Å². The molecule has 0 saturated carbocycles. The molecule has 0 heterocycles. The summed E-state index contributed by atoms with van der Waals surface area (Å²) in [4.78, 5) is 0. The Morgan fingerprint density at radius 1 is 1.29 bits per heavy atom. The van der Waals surface area contributed by atoms with Gasteiger partial charge in [0.2, 0.25) is 0 Å². The Morgan fingerprint density at radius 3 is 2.65 bits per heavy atom.